The van der Waals surface area contributed by atoms with Crippen molar-refractivity contribution in [1.82, 2.24) is 19.3 Å². The Labute approximate surface area is 106 Å². The molecule has 0 aliphatic heterocycles. The summed E-state index contributed by atoms with van der Waals surface area (Å²) in [5.74, 6) is -1.16. The standard InChI is InChI=1S/C11H12N4O4/c1-6(2)15-4-3-8(13-15)14-5-7(10(17)18)9(16)12-11(14)19/h3-6H,1-2H3,(H,17,18)(H,12,16,19). The van der Waals surface area contributed by atoms with Crippen molar-refractivity contribution in [2.45, 2.75) is 19.9 Å². The first kappa shape index (κ1) is 12.8. The molecule has 19 heavy (non-hydrogen) atoms. The Bertz CT molecular complexity index is 738. The van der Waals surface area contributed by atoms with Gasteiger partial charge in [0.2, 0.25) is 0 Å². The quantitative estimate of drug-likeness (QED) is 0.810. The SMILES string of the molecule is CC(C)n1ccc(-n2cc(C(=O)O)c(=O)[nH]c2=O)n1. The van der Waals surface area contributed by atoms with Gasteiger partial charge in [0.25, 0.3) is 5.56 Å². The maximum atomic E-state index is 11.7. The molecule has 0 aromatic carbocycles. The second-order valence-electron chi connectivity index (χ2n) is 4.22. The monoisotopic (exact) mass is 264 g/mol. The summed E-state index contributed by atoms with van der Waals surface area (Å²) in [7, 11) is 0. The van der Waals surface area contributed by atoms with Gasteiger partial charge >= 0.3 is 11.7 Å². The van der Waals surface area contributed by atoms with Crippen LogP contribution in [0.5, 0.6) is 0 Å². The number of hydrogen-bond acceptors (Lipinski definition) is 4. The second-order valence-corrected chi connectivity index (χ2v) is 4.22. The molecule has 2 rings (SSSR count). The van der Waals surface area contributed by atoms with Gasteiger partial charge in [-0.15, -0.1) is 0 Å². The lowest BCUT2D eigenvalue weighted by atomic mass is 10.3. The summed E-state index contributed by atoms with van der Waals surface area (Å²) in [5, 5.41) is 13.0. The molecule has 0 saturated carbocycles. The van der Waals surface area contributed by atoms with Crippen LogP contribution in [-0.4, -0.2) is 30.4 Å². The minimum Gasteiger partial charge on any atom is -0.477 e. The zero-order valence-electron chi connectivity index (χ0n) is 10.3. The highest BCUT2D eigenvalue weighted by Gasteiger charge is 2.13. The van der Waals surface area contributed by atoms with Crippen molar-refractivity contribution in [3.05, 3.63) is 44.9 Å². The fourth-order valence-corrected chi connectivity index (χ4v) is 1.54. The molecule has 100 valence electrons. The van der Waals surface area contributed by atoms with Crippen molar-refractivity contribution >= 4 is 5.97 Å². The maximum Gasteiger partial charge on any atom is 0.342 e. The molecule has 0 atom stereocenters. The van der Waals surface area contributed by atoms with E-state index in [0.29, 0.717) is 0 Å². The maximum absolute atomic E-state index is 11.7. The predicted octanol–water partition coefficient (Wildman–Crippen LogP) is 0.00140. The first-order chi connectivity index (χ1) is 8.90. The third-order valence-electron chi connectivity index (χ3n) is 2.54. The summed E-state index contributed by atoms with van der Waals surface area (Å²) in [6, 6.07) is 1.66. The van der Waals surface area contributed by atoms with Crippen molar-refractivity contribution in [3.8, 4) is 5.82 Å². The molecule has 0 spiro atoms. The van der Waals surface area contributed by atoms with E-state index in [1.165, 1.54) is 0 Å². The number of H-pyrrole nitrogens is 1. The smallest absolute Gasteiger partial charge is 0.342 e. The molecule has 0 unspecified atom stereocenters. The largest absolute Gasteiger partial charge is 0.477 e. The molecule has 0 aliphatic carbocycles. The molecule has 8 nitrogen and oxygen atoms in total. The Morgan fingerprint density at radius 1 is 1.42 bits per heavy atom. The van der Waals surface area contributed by atoms with Gasteiger partial charge in [0.1, 0.15) is 5.56 Å². The van der Waals surface area contributed by atoms with Crippen molar-refractivity contribution < 1.29 is 9.90 Å². The van der Waals surface area contributed by atoms with E-state index in [2.05, 4.69) is 5.10 Å². The van der Waals surface area contributed by atoms with Gasteiger partial charge in [-0.1, -0.05) is 0 Å². The van der Waals surface area contributed by atoms with Gasteiger partial charge in [0, 0.05) is 24.5 Å². The highest BCUT2D eigenvalue weighted by atomic mass is 16.4. The summed E-state index contributed by atoms with van der Waals surface area (Å²) >= 11 is 0. The highest BCUT2D eigenvalue weighted by molar-refractivity contribution is 5.86. The van der Waals surface area contributed by atoms with Gasteiger partial charge in [-0.2, -0.15) is 5.10 Å². The average molecular weight is 264 g/mol. The van der Waals surface area contributed by atoms with Crippen molar-refractivity contribution in [1.29, 1.82) is 0 Å². The number of carboxylic acids is 1. The Kier molecular flexibility index (Phi) is 3.07. The number of nitrogens with one attached hydrogen (secondary N) is 1. The summed E-state index contributed by atoms with van der Waals surface area (Å²) in [6.45, 7) is 3.82. The lowest BCUT2D eigenvalue weighted by Gasteiger charge is -2.05. The number of carboxylic acid groups (broad SMARTS) is 1. The molecular weight excluding hydrogens is 252 g/mol. The van der Waals surface area contributed by atoms with Crippen LogP contribution in [0.3, 0.4) is 0 Å². The van der Waals surface area contributed by atoms with Gasteiger partial charge in [-0.25, -0.2) is 9.59 Å². The van der Waals surface area contributed by atoms with Crippen LogP contribution in [0, 0.1) is 0 Å². The van der Waals surface area contributed by atoms with Crippen LogP contribution in [0.4, 0.5) is 0 Å². The molecule has 0 aliphatic rings. The molecule has 2 aromatic heterocycles. The topological polar surface area (TPSA) is 110 Å². The fraction of sp³-hybridized carbons (Fsp3) is 0.273. The summed E-state index contributed by atoms with van der Waals surface area (Å²) in [4.78, 5) is 35.8. The first-order valence-electron chi connectivity index (χ1n) is 5.55. The number of hydrogen-bond donors (Lipinski definition) is 2. The molecule has 0 saturated heterocycles. The van der Waals surface area contributed by atoms with E-state index in [1.54, 1.807) is 16.9 Å². The third kappa shape index (κ3) is 2.32. The lowest BCUT2D eigenvalue weighted by Crippen LogP contribution is -2.32. The van der Waals surface area contributed by atoms with Gasteiger partial charge < -0.3 is 5.11 Å². The van der Waals surface area contributed by atoms with Crippen LogP contribution in [0.25, 0.3) is 5.82 Å². The van der Waals surface area contributed by atoms with Crippen molar-refractivity contribution in [2.75, 3.05) is 0 Å². The Hall–Kier alpha value is -2.64. The molecule has 2 heterocycles. The minimum atomic E-state index is -1.40. The number of aromatic nitrogens is 4. The molecule has 0 radical (unpaired) electrons. The first-order valence-corrected chi connectivity index (χ1v) is 5.55. The van der Waals surface area contributed by atoms with E-state index in [1.807, 2.05) is 18.8 Å². The molecule has 2 N–H and O–H groups in total. The summed E-state index contributed by atoms with van der Waals surface area (Å²) in [6.07, 6.45) is 2.63. The van der Waals surface area contributed by atoms with Gasteiger partial charge in [-0.05, 0) is 13.8 Å². The van der Waals surface area contributed by atoms with Gasteiger partial charge in [0.05, 0.1) is 0 Å². The van der Waals surface area contributed by atoms with Gasteiger partial charge in [0.15, 0.2) is 5.82 Å². The van der Waals surface area contributed by atoms with Crippen molar-refractivity contribution in [3.63, 3.8) is 0 Å². The minimum absolute atomic E-state index is 0.103. The Balaban J connectivity index is 2.61. The van der Waals surface area contributed by atoms with Crippen molar-refractivity contribution in [2.24, 2.45) is 0 Å². The zero-order chi connectivity index (χ0) is 14.2. The van der Waals surface area contributed by atoms with Crippen LogP contribution in [0.15, 0.2) is 28.0 Å². The van der Waals surface area contributed by atoms with E-state index >= 15 is 0 Å². The average Bonchev–Trinajstić information content (AvgIpc) is 2.77. The number of rotatable bonds is 3. The number of aromatic amines is 1. The van der Waals surface area contributed by atoms with Crippen LogP contribution < -0.4 is 11.2 Å². The molecule has 0 fully saturated rings. The number of carbonyl (C=O) groups is 1. The van der Waals surface area contributed by atoms with E-state index in [4.69, 9.17) is 5.11 Å². The third-order valence-corrected chi connectivity index (χ3v) is 2.54. The van der Waals surface area contributed by atoms with Crippen LogP contribution in [-0.2, 0) is 0 Å². The van der Waals surface area contributed by atoms with E-state index in [0.717, 1.165) is 10.8 Å². The highest BCUT2D eigenvalue weighted by Crippen LogP contribution is 2.06. The molecular formula is C11H12N4O4. The normalized spacial score (nSPS) is 10.9. The predicted molar refractivity (Wildman–Crippen MR) is 65.8 cm³/mol. The Morgan fingerprint density at radius 3 is 2.63 bits per heavy atom. The summed E-state index contributed by atoms with van der Waals surface area (Å²) in [5.41, 5.74) is -2.18. The number of aromatic carboxylic acids is 1. The molecule has 8 heteroatoms. The summed E-state index contributed by atoms with van der Waals surface area (Å²) < 4.78 is 2.61. The number of nitrogens with zero attached hydrogens (tertiary/aromatic N) is 3. The Morgan fingerprint density at radius 2 is 2.11 bits per heavy atom. The second kappa shape index (κ2) is 4.56. The zero-order valence-corrected chi connectivity index (χ0v) is 10.3. The fourth-order valence-electron chi connectivity index (χ4n) is 1.54. The van der Waals surface area contributed by atoms with E-state index in [9.17, 15) is 14.4 Å². The molecule has 0 amide bonds. The van der Waals surface area contributed by atoms with Crippen LogP contribution in [0.1, 0.15) is 30.2 Å². The molecule has 2 aromatic rings. The van der Waals surface area contributed by atoms with Crippen LogP contribution in [0.2, 0.25) is 0 Å². The molecule has 0 bridgehead atoms. The van der Waals surface area contributed by atoms with E-state index < -0.39 is 22.8 Å². The van der Waals surface area contributed by atoms with E-state index in [-0.39, 0.29) is 11.9 Å². The lowest BCUT2D eigenvalue weighted by molar-refractivity contribution is 0.0694. The van der Waals surface area contributed by atoms with Gasteiger partial charge in [-0.3, -0.25) is 19.0 Å². The van der Waals surface area contributed by atoms with Crippen LogP contribution >= 0.6 is 0 Å².